The number of likely N-dealkylation sites (tertiary alicyclic amines) is 1. The Bertz CT molecular complexity index is 498. The Hall–Kier alpha value is -0.470. The maximum Gasteiger partial charge on any atom is 0.191 e. The summed E-state index contributed by atoms with van der Waals surface area (Å²) in [5.74, 6) is 1.13. The van der Waals surface area contributed by atoms with Gasteiger partial charge in [-0.15, -0.1) is 0 Å². The maximum absolute atomic E-state index is 11.3. The Balaban J connectivity index is 2.45. The maximum atomic E-state index is 11.3. The van der Waals surface area contributed by atoms with Crippen molar-refractivity contribution in [3.05, 3.63) is 0 Å². The highest BCUT2D eigenvalue weighted by atomic mass is 32.2. The highest BCUT2D eigenvalue weighted by Gasteiger charge is 2.21. The van der Waals surface area contributed by atoms with Crippen molar-refractivity contribution < 1.29 is 8.42 Å². The van der Waals surface area contributed by atoms with Gasteiger partial charge in [-0.1, -0.05) is 0 Å². The SMILES string of the molecule is CCNC(=NCC(C)(C)SC)NC1CCN(CCS(C)(=O)=O)CC1. The van der Waals surface area contributed by atoms with Gasteiger partial charge in [0.25, 0.3) is 0 Å². The van der Waals surface area contributed by atoms with E-state index in [1.54, 1.807) is 0 Å². The molecule has 0 radical (unpaired) electrons. The predicted molar refractivity (Wildman–Crippen MR) is 106 cm³/mol. The lowest BCUT2D eigenvalue weighted by atomic mass is 10.1. The van der Waals surface area contributed by atoms with Gasteiger partial charge in [-0.3, -0.25) is 4.99 Å². The van der Waals surface area contributed by atoms with Crippen molar-refractivity contribution in [3.63, 3.8) is 0 Å². The Morgan fingerprint density at radius 3 is 2.46 bits per heavy atom. The van der Waals surface area contributed by atoms with Crippen LogP contribution in [0.25, 0.3) is 0 Å². The van der Waals surface area contributed by atoms with Crippen LogP contribution in [0.3, 0.4) is 0 Å². The Morgan fingerprint density at radius 1 is 1.33 bits per heavy atom. The summed E-state index contributed by atoms with van der Waals surface area (Å²) in [4.78, 5) is 6.95. The van der Waals surface area contributed by atoms with Gasteiger partial charge < -0.3 is 15.5 Å². The lowest BCUT2D eigenvalue weighted by Gasteiger charge is -2.33. The summed E-state index contributed by atoms with van der Waals surface area (Å²) < 4.78 is 22.7. The summed E-state index contributed by atoms with van der Waals surface area (Å²) in [6.07, 6.45) is 5.44. The molecular formula is C16H34N4O2S2. The van der Waals surface area contributed by atoms with Crippen LogP contribution >= 0.6 is 11.8 Å². The van der Waals surface area contributed by atoms with Crippen molar-refractivity contribution in [1.82, 2.24) is 15.5 Å². The molecule has 1 rings (SSSR count). The third-order valence-corrected chi connectivity index (χ3v) is 6.38. The zero-order chi connectivity index (χ0) is 18.2. The van der Waals surface area contributed by atoms with E-state index < -0.39 is 9.84 Å². The van der Waals surface area contributed by atoms with E-state index in [1.807, 2.05) is 11.8 Å². The van der Waals surface area contributed by atoms with E-state index in [-0.39, 0.29) is 10.5 Å². The number of nitrogens with zero attached hydrogens (tertiary/aromatic N) is 2. The number of piperidine rings is 1. The van der Waals surface area contributed by atoms with Gasteiger partial charge in [-0.25, -0.2) is 8.42 Å². The minimum absolute atomic E-state index is 0.136. The highest BCUT2D eigenvalue weighted by Crippen LogP contribution is 2.21. The molecule has 6 nitrogen and oxygen atoms in total. The number of hydrogen-bond donors (Lipinski definition) is 2. The van der Waals surface area contributed by atoms with Gasteiger partial charge in [-0.05, 0) is 39.9 Å². The molecule has 0 aromatic rings. The number of nitrogens with one attached hydrogen (secondary N) is 2. The van der Waals surface area contributed by atoms with Gasteiger partial charge in [-0.2, -0.15) is 11.8 Å². The zero-order valence-electron chi connectivity index (χ0n) is 15.8. The molecule has 8 heteroatoms. The second-order valence-electron chi connectivity index (χ2n) is 7.05. The zero-order valence-corrected chi connectivity index (χ0v) is 17.4. The molecule has 1 saturated heterocycles. The molecule has 24 heavy (non-hydrogen) atoms. The van der Waals surface area contributed by atoms with Gasteiger partial charge in [0.15, 0.2) is 5.96 Å². The summed E-state index contributed by atoms with van der Waals surface area (Å²) in [6, 6.07) is 0.398. The van der Waals surface area contributed by atoms with Crippen LogP contribution in [0.15, 0.2) is 4.99 Å². The molecule has 1 fully saturated rings. The standard InChI is InChI=1S/C16H34N4O2S2/c1-6-17-15(18-13-16(2,3)23-4)19-14-7-9-20(10-8-14)11-12-24(5,21)22/h14H,6-13H2,1-5H3,(H2,17,18,19). The van der Waals surface area contributed by atoms with Crippen molar-refractivity contribution in [3.8, 4) is 0 Å². The average Bonchev–Trinajstić information content (AvgIpc) is 2.51. The molecule has 0 aliphatic carbocycles. The first-order chi connectivity index (χ1) is 11.1. The van der Waals surface area contributed by atoms with Crippen molar-refractivity contribution in [2.24, 2.45) is 4.99 Å². The lowest BCUT2D eigenvalue weighted by Crippen LogP contribution is -2.49. The first-order valence-corrected chi connectivity index (χ1v) is 11.9. The van der Waals surface area contributed by atoms with Crippen LogP contribution in [0, 0.1) is 0 Å². The molecule has 1 heterocycles. The smallest absolute Gasteiger partial charge is 0.191 e. The van der Waals surface area contributed by atoms with Gasteiger partial charge >= 0.3 is 0 Å². The number of rotatable bonds is 8. The fourth-order valence-electron chi connectivity index (χ4n) is 2.44. The van der Waals surface area contributed by atoms with Crippen LogP contribution in [0.1, 0.15) is 33.6 Å². The molecule has 0 aromatic heterocycles. The minimum Gasteiger partial charge on any atom is -0.357 e. The quantitative estimate of drug-likeness (QED) is 0.488. The molecule has 0 atom stereocenters. The Labute approximate surface area is 152 Å². The second kappa shape index (κ2) is 9.87. The first-order valence-electron chi connectivity index (χ1n) is 8.65. The van der Waals surface area contributed by atoms with E-state index in [9.17, 15) is 8.42 Å². The molecule has 0 aromatic carbocycles. The molecule has 0 bridgehead atoms. The molecule has 0 spiro atoms. The van der Waals surface area contributed by atoms with E-state index in [2.05, 4.69) is 42.6 Å². The molecule has 0 amide bonds. The summed E-state index contributed by atoms with van der Waals surface area (Å²) >= 11 is 1.82. The van der Waals surface area contributed by atoms with Crippen molar-refractivity contribution in [2.45, 2.75) is 44.4 Å². The van der Waals surface area contributed by atoms with Crippen LogP contribution < -0.4 is 10.6 Å². The largest absolute Gasteiger partial charge is 0.357 e. The number of thioether (sulfide) groups is 1. The first kappa shape index (κ1) is 21.6. The third-order valence-electron chi connectivity index (χ3n) is 4.22. The molecule has 1 aliphatic heterocycles. The van der Waals surface area contributed by atoms with Gasteiger partial charge in [0, 0.05) is 43.2 Å². The summed E-state index contributed by atoms with van der Waals surface area (Å²) in [5, 5.41) is 6.85. The van der Waals surface area contributed by atoms with E-state index in [0.717, 1.165) is 45.0 Å². The summed E-state index contributed by atoms with van der Waals surface area (Å²) in [6.45, 7) is 10.6. The fraction of sp³-hybridized carbons (Fsp3) is 0.938. The molecule has 2 N–H and O–H groups in total. The Morgan fingerprint density at radius 2 is 1.96 bits per heavy atom. The van der Waals surface area contributed by atoms with Gasteiger partial charge in [0.05, 0.1) is 12.3 Å². The number of hydrogen-bond acceptors (Lipinski definition) is 5. The van der Waals surface area contributed by atoms with E-state index in [1.165, 1.54) is 6.26 Å². The topological polar surface area (TPSA) is 73.8 Å². The molecule has 142 valence electrons. The summed E-state index contributed by atoms with van der Waals surface area (Å²) in [7, 11) is -2.88. The third kappa shape index (κ3) is 9.13. The van der Waals surface area contributed by atoms with Crippen molar-refractivity contribution >= 4 is 27.6 Å². The second-order valence-corrected chi connectivity index (χ2v) is 10.8. The highest BCUT2D eigenvalue weighted by molar-refractivity contribution is 7.99. The van der Waals surface area contributed by atoms with Crippen LogP contribution in [0.2, 0.25) is 0 Å². The Kier molecular flexibility index (Phi) is 8.87. The average molecular weight is 379 g/mol. The number of aliphatic imine (C=N–C) groups is 1. The molecule has 0 saturated carbocycles. The van der Waals surface area contributed by atoms with Crippen LogP contribution in [-0.4, -0.2) is 81.1 Å². The van der Waals surface area contributed by atoms with Crippen molar-refractivity contribution in [1.29, 1.82) is 0 Å². The van der Waals surface area contributed by atoms with E-state index >= 15 is 0 Å². The van der Waals surface area contributed by atoms with E-state index in [0.29, 0.717) is 12.6 Å². The van der Waals surface area contributed by atoms with Crippen LogP contribution in [0.5, 0.6) is 0 Å². The minimum atomic E-state index is -2.88. The monoisotopic (exact) mass is 378 g/mol. The molecule has 1 aliphatic rings. The van der Waals surface area contributed by atoms with Gasteiger partial charge in [0.2, 0.25) is 0 Å². The molecular weight excluding hydrogens is 344 g/mol. The number of guanidine groups is 1. The summed E-state index contributed by atoms with van der Waals surface area (Å²) in [5.41, 5.74) is 0. The van der Waals surface area contributed by atoms with Gasteiger partial charge in [0.1, 0.15) is 9.84 Å². The number of sulfone groups is 1. The van der Waals surface area contributed by atoms with E-state index in [4.69, 9.17) is 4.99 Å². The molecule has 0 unspecified atom stereocenters. The predicted octanol–water partition coefficient (Wildman–Crippen LogP) is 1.19. The fourth-order valence-corrected chi connectivity index (χ4v) is 3.23. The normalized spacial score (nSPS) is 18.6. The van der Waals surface area contributed by atoms with Crippen LogP contribution in [-0.2, 0) is 9.84 Å². The van der Waals surface area contributed by atoms with Crippen LogP contribution in [0.4, 0.5) is 0 Å². The lowest BCUT2D eigenvalue weighted by molar-refractivity contribution is 0.216. The van der Waals surface area contributed by atoms with Crippen molar-refractivity contribution in [2.75, 3.05) is 51.0 Å².